The van der Waals surface area contributed by atoms with Gasteiger partial charge in [-0.05, 0) is 26.3 Å². The number of β-amino-alcohol motifs (C(OH)–C–C–N with tert-alkyl or cyclic N) is 1. The molecule has 1 aromatic rings. The van der Waals surface area contributed by atoms with Gasteiger partial charge >= 0.3 is 0 Å². The van der Waals surface area contributed by atoms with E-state index in [0.717, 1.165) is 26.3 Å². The molecule has 6 heteroatoms. The monoisotopic (exact) mass is 296 g/mol. The first-order valence-corrected chi connectivity index (χ1v) is 7.78. The molecule has 21 heavy (non-hydrogen) atoms. The van der Waals surface area contributed by atoms with E-state index in [1.165, 1.54) is 5.56 Å². The van der Waals surface area contributed by atoms with Crippen molar-refractivity contribution in [1.82, 2.24) is 20.0 Å². The lowest BCUT2D eigenvalue weighted by molar-refractivity contribution is 0.0143. The van der Waals surface area contributed by atoms with Gasteiger partial charge in [0.2, 0.25) is 0 Å². The lowest BCUT2D eigenvalue weighted by atomic mass is 10.1. The van der Waals surface area contributed by atoms with Crippen molar-refractivity contribution < 1.29 is 9.84 Å². The summed E-state index contributed by atoms with van der Waals surface area (Å²) < 4.78 is 7.29. The van der Waals surface area contributed by atoms with Gasteiger partial charge in [0.25, 0.3) is 0 Å². The van der Waals surface area contributed by atoms with Gasteiger partial charge in [0, 0.05) is 38.4 Å². The Bertz CT molecular complexity index is 418. The molecule has 0 spiro atoms. The molecule has 3 atom stereocenters. The number of hydrogen-bond donors (Lipinski definition) is 2. The molecule has 1 aliphatic heterocycles. The van der Waals surface area contributed by atoms with Gasteiger partial charge in [0.1, 0.15) is 0 Å². The van der Waals surface area contributed by atoms with E-state index in [1.54, 1.807) is 0 Å². The molecule has 0 amide bonds. The van der Waals surface area contributed by atoms with Crippen LogP contribution in [0.1, 0.15) is 25.5 Å². The second kappa shape index (κ2) is 7.89. The van der Waals surface area contributed by atoms with Gasteiger partial charge in [-0.3, -0.25) is 9.58 Å². The Labute approximate surface area is 127 Å². The van der Waals surface area contributed by atoms with Crippen molar-refractivity contribution in [3.63, 3.8) is 0 Å². The number of morpholine rings is 1. The summed E-state index contributed by atoms with van der Waals surface area (Å²) >= 11 is 0. The third-order valence-corrected chi connectivity index (χ3v) is 4.12. The highest BCUT2D eigenvalue weighted by atomic mass is 16.5. The van der Waals surface area contributed by atoms with Crippen molar-refractivity contribution in [1.29, 1.82) is 0 Å². The number of ether oxygens (including phenoxy) is 1. The Morgan fingerprint density at radius 1 is 1.38 bits per heavy atom. The molecule has 2 N–H and O–H groups in total. The van der Waals surface area contributed by atoms with Crippen molar-refractivity contribution in [3.8, 4) is 0 Å². The van der Waals surface area contributed by atoms with Gasteiger partial charge < -0.3 is 15.2 Å². The quantitative estimate of drug-likeness (QED) is 0.764. The van der Waals surface area contributed by atoms with E-state index >= 15 is 0 Å². The van der Waals surface area contributed by atoms with Crippen LogP contribution in [0.15, 0.2) is 12.4 Å². The number of aliphatic hydroxyl groups is 1. The maximum Gasteiger partial charge on any atom is 0.0791 e. The van der Waals surface area contributed by atoms with Crippen LogP contribution in [0, 0.1) is 6.92 Å². The second-order valence-electron chi connectivity index (χ2n) is 6.00. The van der Waals surface area contributed by atoms with Gasteiger partial charge in [-0.15, -0.1) is 0 Å². The summed E-state index contributed by atoms with van der Waals surface area (Å²) in [5.74, 6) is 0. The molecule has 0 aromatic carbocycles. The molecule has 2 rings (SSSR count). The number of aryl methyl sites for hydroxylation is 1. The molecule has 0 aliphatic carbocycles. The molecule has 0 bridgehead atoms. The van der Waals surface area contributed by atoms with E-state index in [-0.39, 0.29) is 18.2 Å². The molecular formula is C15H28N4O2. The van der Waals surface area contributed by atoms with Crippen molar-refractivity contribution >= 4 is 0 Å². The Kier molecular flexibility index (Phi) is 6.17. The van der Waals surface area contributed by atoms with E-state index in [2.05, 4.69) is 29.2 Å². The average Bonchev–Trinajstić information content (AvgIpc) is 2.91. The van der Waals surface area contributed by atoms with Crippen molar-refractivity contribution in [2.45, 2.75) is 39.0 Å². The van der Waals surface area contributed by atoms with E-state index in [9.17, 15) is 5.11 Å². The lowest BCUT2D eigenvalue weighted by Gasteiger charge is -2.29. The van der Waals surface area contributed by atoms with Crippen LogP contribution in [0.25, 0.3) is 0 Å². The lowest BCUT2D eigenvalue weighted by Crippen LogP contribution is -2.46. The van der Waals surface area contributed by atoms with E-state index < -0.39 is 0 Å². The summed E-state index contributed by atoms with van der Waals surface area (Å²) in [4.78, 5) is 2.25. The van der Waals surface area contributed by atoms with Gasteiger partial charge in [-0.2, -0.15) is 5.10 Å². The van der Waals surface area contributed by atoms with Gasteiger partial charge in [0.15, 0.2) is 0 Å². The standard InChI is InChI=1S/C15H28N4O2/c1-12-8-17-19(10-12)14(3)13(2)16-9-15(20)11-18-4-6-21-7-5-18/h8,10,13-16,20H,4-7,9,11H2,1-3H3/t13-,14-,15-/m1/s1. The molecule has 120 valence electrons. The number of hydrogen-bond acceptors (Lipinski definition) is 5. The third-order valence-electron chi connectivity index (χ3n) is 4.12. The molecule has 0 saturated carbocycles. The molecule has 1 saturated heterocycles. The summed E-state index contributed by atoms with van der Waals surface area (Å²) in [7, 11) is 0. The minimum Gasteiger partial charge on any atom is -0.390 e. The van der Waals surface area contributed by atoms with Gasteiger partial charge in [-0.1, -0.05) is 0 Å². The van der Waals surface area contributed by atoms with Crippen LogP contribution in [0.2, 0.25) is 0 Å². The summed E-state index contributed by atoms with van der Waals surface area (Å²) in [5.41, 5.74) is 1.17. The zero-order valence-electron chi connectivity index (χ0n) is 13.3. The average molecular weight is 296 g/mol. The van der Waals surface area contributed by atoms with E-state index in [0.29, 0.717) is 13.1 Å². The topological polar surface area (TPSA) is 62.5 Å². The zero-order chi connectivity index (χ0) is 15.2. The smallest absolute Gasteiger partial charge is 0.0791 e. The molecular weight excluding hydrogens is 268 g/mol. The van der Waals surface area contributed by atoms with Crippen LogP contribution in [0.4, 0.5) is 0 Å². The first-order valence-electron chi connectivity index (χ1n) is 7.78. The van der Waals surface area contributed by atoms with Gasteiger partial charge in [0.05, 0.1) is 31.6 Å². The molecule has 1 fully saturated rings. The van der Waals surface area contributed by atoms with Crippen molar-refractivity contribution in [3.05, 3.63) is 18.0 Å². The largest absolute Gasteiger partial charge is 0.390 e. The summed E-state index contributed by atoms with van der Waals surface area (Å²) in [6, 6.07) is 0.512. The number of rotatable bonds is 7. The number of nitrogens with one attached hydrogen (secondary N) is 1. The summed E-state index contributed by atoms with van der Waals surface area (Å²) in [5, 5.41) is 17.9. The minimum absolute atomic E-state index is 0.253. The Morgan fingerprint density at radius 2 is 2.10 bits per heavy atom. The number of aromatic nitrogens is 2. The number of nitrogens with zero attached hydrogens (tertiary/aromatic N) is 3. The van der Waals surface area contributed by atoms with E-state index in [4.69, 9.17) is 4.74 Å². The first-order chi connectivity index (χ1) is 10.1. The Morgan fingerprint density at radius 3 is 2.71 bits per heavy atom. The van der Waals surface area contributed by atoms with Crippen LogP contribution in [-0.4, -0.2) is 71.3 Å². The second-order valence-corrected chi connectivity index (χ2v) is 6.00. The zero-order valence-corrected chi connectivity index (χ0v) is 13.3. The predicted molar refractivity (Wildman–Crippen MR) is 82.4 cm³/mol. The Hall–Kier alpha value is -0.950. The highest BCUT2D eigenvalue weighted by Crippen LogP contribution is 2.10. The number of aliphatic hydroxyl groups excluding tert-OH is 1. The SMILES string of the molecule is Cc1cnn([C@H](C)[C@@H](C)NC[C@@H](O)CN2CCOCC2)c1. The first kappa shape index (κ1) is 16.4. The molecule has 1 aliphatic rings. The molecule has 0 radical (unpaired) electrons. The molecule has 6 nitrogen and oxygen atoms in total. The molecule has 0 unspecified atom stereocenters. The highest BCUT2D eigenvalue weighted by Gasteiger charge is 2.18. The normalized spacial score (nSPS) is 21.1. The highest BCUT2D eigenvalue weighted by molar-refractivity contribution is 5.00. The molecule has 1 aromatic heterocycles. The van der Waals surface area contributed by atoms with Crippen LogP contribution >= 0.6 is 0 Å². The molecule has 2 heterocycles. The predicted octanol–water partition coefficient (Wildman–Crippen LogP) is 0.424. The Balaban J connectivity index is 1.71. The summed E-state index contributed by atoms with van der Waals surface area (Å²) in [6.45, 7) is 11.0. The van der Waals surface area contributed by atoms with Crippen LogP contribution < -0.4 is 5.32 Å². The fourth-order valence-electron chi connectivity index (χ4n) is 2.52. The van der Waals surface area contributed by atoms with Crippen LogP contribution in [-0.2, 0) is 4.74 Å². The van der Waals surface area contributed by atoms with Crippen molar-refractivity contribution in [2.75, 3.05) is 39.4 Å². The maximum absolute atomic E-state index is 10.1. The van der Waals surface area contributed by atoms with Crippen LogP contribution in [0.5, 0.6) is 0 Å². The fourth-order valence-corrected chi connectivity index (χ4v) is 2.52. The fraction of sp³-hybridized carbons (Fsp3) is 0.800. The third kappa shape index (κ3) is 5.07. The van der Waals surface area contributed by atoms with Crippen LogP contribution in [0.3, 0.4) is 0 Å². The van der Waals surface area contributed by atoms with Crippen molar-refractivity contribution in [2.24, 2.45) is 0 Å². The van der Waals surface area contributed by atoms with Gasteiger partial charge in [-0.25, -0.2) is 0 Å². The maximum atomic E-state index is 10.1. The minimum atomic E-state index is -0.350. The summed E-state index contributed by atoms with van der Waals surface area (Å²) in [6.07, 6.45) is 3.57. The van der Waals surface area contributed by atoms with E-state index in [1.807, 2.05) is 24.0 Å².